The van der Waals surface area contributed by atoms with Gasteiger partial charge in [-0.1, -0.05) is 61.0 Å². The number of rotatable bonds is 2. The molecule has 1 saturated heterocycles. The van der Waals surface area contributed by atoms with E-state index >= 15 is 0 Å². The summed E-state index contributed by atoms with van der Waals surface area (Å²) >= 11 is 0. The van der Waals surface area contributed by atoms with Gasteiger partial charge in [-0.2, -0.15) is 0 Å². The molecule has 1 fully saturated rings. The summed E-state index contributed by atoms with van der Waals surface area (Å²) in [5, 5.41) is 8.41. The molecule has 1 heterocycles. The van der Waals surface area contributed by atoms with Crippen LogP contribution in [0.2, 0.25) is 0 Å². The van der Waals surface area contributed by atoms with Crippen molar-refractivity contribution in [1.82, 2.24) is 4.90 Å². The van der Waals surface area contributed by atoms with Gasteiger partial charge in [-0.15, -0.1) is 0 Å². The minimum atomic E-state index is 1.09. The molecule has 1 heteroatoms. The lowest BCUT2D eigenvalue weighted by molar-refractivity contribution is 0.221. The predicted molar refractivity (Wildman–Crippen MR) is 99.3 cm³/mol. The third-order valence-corrected chi connectivity index (χ3v) is 5.46. The van der Waals surface area contributed by atoms with Gasteiger partial charge in [0.15, 0.2) is 0 Å². The summed E-state index contributed by atoms with van der Waals surface area (Å²) in [5.74, 6) is 0. The highest BCUT2D eigenvalue weighted by atomic mass is 15.1. The van der Waals surface area contributed by atoms with Crippen molar-refractivity contribution in [1.29, 1.82) is 0 Å². The van der Waals surface area contributed by atoms with Gasteiger partial charge >= 0.3 is 0 Å². The molecule has 23 heavy (non-hydrogen) atoms. The molecule has 0 atom stereocenters. The van der Waals surface area contributed by atoms with E-state index in [1.54, 1.807) is 0 Å². The van der Waals surface area contributed by atoms with E-state index < -0.39 is 0 Å². The Kier molecular flexibility index (Phi) is 3.02. The monoisotopic (exact) mass is 299 g/mol. The number of benzene rings is 4. The quantitative estimate of drug-likeness (QED) is 0.437. The molecule has 0 unspecified atom stereocenters. The Bertz CT molecular complexity index is 963. The van der Waals surface area contributed by atoms with Gasteiger partial charge in [0, 0.05) is 6.54 Å². The van der Waals surface area contributed by atoms with E-state index in [1.165, 1.54) is 70.2 Å². The number of hydrogen-bond donors (Lipinski definition) is 0. The zero-order valence-electron chi connectivity index (χ0n) is 13.4. The van der Waals surface area contributed by atoms with Crippen LogP contribution in [-0.4, -0.2) is 18.0 Å². The molecule has 0 radical (unpaired) electrons. The van der Waals surface area contributed by atoms with E-state index in [0.717, 1.165) is 6.54 Å². The van der Waals surface area contributed by atoms with Crippen LogP contribution in [0, 0.1) is 0 Å². The van der Waals surface area contributed by atoms with Crippen LogP contribution in [0.3, 0.4) is 0 Å². The molecule has 114 valence electrons. The maximum absolute atomic E-state index is 2.62. The first kappa shape index (κ1) is 13.3. The van der Waals surface area contributed by atoms with E-state index in [-0.39, 0.29) is 0 Å². The second-order valence-electron chi connectivity index (χ2n) is 6.92. The van der Waals surface area contributed by atoms with Crippen molar-refractivity contribution < 1.29 is 0 Å². The van der Waals surface area contributed by atoms with Crippen molar-refractivity contribution in [3.8, 4) is 0 Å². The van der Waals surface area contributed by atoms with Crippen LogP contribution >= 0.6 is 0 Å². The summed E-state index contributed by atoms with van der Waals surface area (Å²) in [6.07, 6.45) is 4.10. The second kappa shape index (κ2) is 5.21. The van der Waals surface area contributed by atoms with E-state index in [4.69, 9.17) is 0 Å². The van der Waals surface area contributed by atoms with Crippen LogP contribution in [0.5, 0.6) is 0 Å². The van der Waals surface area contributed by atoms with E-state index in [1.807, 2.05) is 0 Å². The van der Waals surface area contributed by atoms with Crippen molar-refractivity contribution in [2.45, 2.75) is 25.8 Å². The third kappa shape index (κ3) is 2.11. The van der Waals surface area contributed by atoms with Gasteiger partial charge in [0.2, 0.25) is 0 Å². The molecule has 0 bridgehead atoms. The summed E-state index contributed by atoms with van der Waals surface area (Å²) in [4.78, 5) is 2.62. The van der Waals surface area contributed by atoms with Gasteiger partial charge in [-0.3, -0.25) is 4.90 Å². The van der Waals surface area contributed by atoms with Crippen LogP contribution < -0.4 is 0 Å². The number of nitrogens with zero attached hydrogens (tertiary/aromatic N) is 1. The molecule has 1 aliphatic heterocycles. The Morgan fingerprint density at radius 2 is 1.30 bits per heavy atom. The molecule has 1 aliphatic rings. The molecule has 0 aliphatic carbocycles. The topological polar surface area (TPSA) is 3.24 Å². The Balaban J connectivity index is 1.74. The average molecular weight is 299 g/mol. The normalized spacial score (nSPS) is 16.7. The second-order valence-corrected chi connectivity index (χ2v) is 6.92. The summed E-state index contributed by atoms with van der Waals surface area (Å²) in [6.45, 7) is 3.60. The number of piperidine rings is 1. The van der Waals surface area contributed by atoms with Gasteiger partial charge < -0.3 is 0 Å². The van der Waals surface area contributed by atoms with Gasteiger partial charge in [0.25, 0.3) is 0 Å². The minimum Gasteiger partial charge on any atom is -0.299 e. The highest BCUT2D eigenvalue weighted by molar-refractivity contribution is 6.23. The van der Waals surface area contributed by atoms with Crippen LogP contribution in [0.25, 0.3) is 32.3 Å². The molecule has 0 spiro atoms. The summed E-state index contributed by atoms with van der Waals surface area (Å²) in [6, 6.07) is 20.5. The van der Waals surface area contributed by atoms with Crippen molar-refractivity contribution in [2.75, 3.05) is 13.1 Å². The molecule has 1 nitrogen and oxygen atoms in total. The van der Waals surface area contributed by atoms with Crippen LogP contribution in [-0.2, 0) is 6.54 Å². The smallest absolute Gasteiger partial charge is 0.0239 e. The molecule has 5 rings (SSSR count). The van der Waals surface area contributed by atoms with Gasteiger partial charge in [-0.05, 0) is 63.8 Å². The van der Waals surface area contributed by atoms with Crippen molar-refractivity contribution in [3.63, 3.8) is 0 Å². The Hall–Kier alpha value is -2.12. The lowest BCUT2D eigenvalue weighted by Crippen LogP contribution is -2.29. The lowest BCUT2D eigenvalue weighted by atomic mass is 9.92. The molecular formula is C22H21N. The van der Waals surface area contributed by atoms with E-state index in [0.29, 0.717) is 0 Å². The summed E-state index contributed by atoms with van der Waals surface area (Å²) < 4.78 is 0. The van der Waals surface area contributed by atoms with E-state index in [2.05, 4.69) is 59.5 Å². The SMILES string of the molecule is c1cc2ccc3ccc(CN4CCCCC4)c4ccc(c1)c2c34. The van der Waals surface area contributed by atoms with Gasteiger partial charge in [0.1, 0.15) is 0 Å². The number of hydrogen-bond acceptors (Lipinski definition) is 1. The van der Waals surface area contributed by atoms with Gasteiger partial charge in [-0.25, -0.2) is 0 Å². The largest absolute Gasteiger partial charge is 0.299 e. The van der Waals surface area contributed by atoms with Crippen LogP contribution in [0.1, 0.15) is 24.8 Å². The Morgan fingerprint density at radius 1 is 0.652 bits per heavy atom. The maximum Gasteiger partial charge on any atom is 0.0239 e. The molecule has 0 N–H and O–H groups in total. The zero-order chi connectivity index (χ0) is 15.2. The predicted octanol–water partition coefficient (Wildman–Crippen LogP) is 5.57. The van der Waals surface area contributed by atoms with Gasteiger partial charge in [0.05, 0.1) is 0 Å². The highest BCUT2D eigenvalue weighted by Gasteiger charge is 2.14. The molecule has 4 aromatic rings. The zero-order valence-corrected chi connectivity index (χ0v) is 13.4. The molecule has 0 aromatic heterocycles. The van der Waals surface area contributed by atoms with Crippen molar-refractivity contribution in [3.05, 3.63) is 60.2 Å². The molecule has 0 saturated carbocycles. The highest BCUT2D eigenvalue weighted by Crippen LogP contribution is 2.36. The first-order chi connectivity index (χ1) is 11.4. The third-order valence-electron chi connectivity index (χ3n) is 5.46. The molecule has 0 amide bonds. The molecule has 4 aromatic carbocycles. The standard InChI is InChI=1S/C22H21N/c1-2-13-23(14-3-1)15-19-10-9-18-8-7-16-5-4-6-17-11-12-20(19)22(18)21(16)17/h4-12H,1-3,13-15H2. The Morgan fingerprint density at radius 3 is 2.09 bits per heavy atom. The number of likely N-dealkylation sites (tertiary alicyclic amines) is 1. The lowest BCUT2D eigenvalue weighted by Gasteiger charge is -2.27. The van der Waals surface area contributed by atoms with Crippen LogP contribution in [0.15, 0.2) is 54.6 Å². The van der Waals surface area contributed by atoms with Crippen molar-refractivity contribution in [2.24, 2.45) is 0 Å². The first-order valence-electron chi connectivity index (χ1n) is 8.78. The average Bonchev–Trinajstić information content (AvgIpc) is 2.62. The summed E-state index contributed by atoms with van der Waals surface area (Å²) in [5.41, 5.74) is 1.48. The first-order valence-corrected chi connectivity index (χ1v) is 8.78. The van der Waals surface area contributed by atoms with Crippen LogP contribution in [0.4, 0.5) is 0 Å². The summed E-state index contributed by atoms with van der Waals surface area (Å²) in [7, 11) is 0. The fraction of sp³-hybridized carbons (Fsp3) is 0.273. The van der Waals surface area contributed by atoms with E-state index in [9.17, 15) is 0 Å². The fourth-order valence-electron chi connectivity index (χ4n) is 4.29. The molecular weight excluding hydrogens is 278 g/mol. The minimum absolute atomic E-state index is 1.09. The maximum atomic E-state index is 2.62. The Labute approximate surface area is 136 Å². The van der Waals surface area contributed by atoms with Crippen molar-refractivity contribution >= 4 is 32.3 Å². The fourth-order valence-corrected chi connectivity index (χ4v) is 4.29.